The number of benzene rings is 2. The molecule has 1 aliphatic carbocycles. The van der Waals surface area contributed by atoms with Gasteiger partial charge in [-0.25, -0.2) is 9.59 Å². The second-order valence-electron chi connectivity index (χ2n) is 8.30. The fourth-order valence-electron chi connectivity index (χ4n) is 3.94. The van der Waals surface area contributed by atoms with Crippen LogP contribution in [0, 0.1) is 5.92 Å². The van der Waals surface area contributed by atoms with Crippen molar-refractivity contribution < 1.29 is 19.4 Å². The van der Waals surface area contributed by atoms with Gasteiger partial charge in [0.15, 0.2) is 0 Å². The number of carbonyl (C=O) groups excluding carboxylic acids is 1. The molecule has 1 amide bonds. The molecule has 0 saturated carbocycles. The molecule has 2 aromatic carbocycles. The third-order valence-corrected chi connectivity index (χ3v) is 6.66. The SMILES string of the molecule is CC(C)CCCSCCC(NC(=O)OCC1c2ccccc2-c2ccccc21)C(=O)O. The summed E-state index contributed by atoms with van der Waals surface area (Å²) < 4.78 is 5.47. The van der Waals surface area contributed by atoms with Crippen molar-refractivity contribution in [1.29, 1.82) is 0 Å². The van der Waals surface area contributed by atoms with Gasteiger partial charge in [-0.15, -0.1) is 0 Å². The largest absolute Gasteiger partial charge is 0.480 e. The number of carboxylic acid groups (broad SMARTS) is 1. The van der Waals surface area contributed by atoms with Crippen molar-refractivity contribution in [2.45, 2.75) is 45.1 Å². The van der Waals surface area contributed by atoms with Gasteiger partial charge in [0, 0.05) is 5.92 Å². The molecule has 0 aliphatic heterocycles. The van der Waals surface area contributed by atoms with Crippen LogP contribution >= 0.6 is 11.8 Å². The number of ether oxygens (including phenoxy) is 1. The Hall–Kier alpha value is -2.47. The maximum absolute atomic E-state index is 12.3. The van der Waals surface area contributed by atoms with E-state index in [4.69, 9.17) is 4.74 Å². The van der Waals surface area contributed by atoms with E-state index in [0.717, 1.165) is 34.4 Å². The second kappa shape index (κ2) is 11.2. The van der Waals surface area contributed by atoms with Gasteiger partial charge >= 0.3 is 12.1 Å². The molecule has 0 spiro atoms. The first-order valence-electron chi connectivity index (χ1n) is 10.9. The molecule has 0 radical (unpaired) electrons. The van der Waals surface area contributed by atoms with Crippen LogP contribution in [0.15, 0.2) is 48.5 Å². The molecule has 0 aromatic heterocycles. The number of nitrogens with one attached hydrogen (secondary N) is 1. The van der Waals surface area contributed by atoms with Crippen LogP contribution in [0.2, 0.25) is 0 Å². The van der Waals surface area contributed by atoms with E-state index in [9.17, 15) is 14.7 Å². The summed E-state index contributed by atoms with van der Waals surface area (Å²) in [6.07, 6.45) is 2.00. The summed E-state index contributed by atoms with van der Waals surface area (Å²) in [6, 6.07) is 15.3. The summed E-state index contributed by atoms with van der Waals surface area (Å²) in [7, 11) is 0. The third kappa shape index (κ3) is 6.26. The number of fused-ring (bicyclic) bond motifs is 3. The van der Waals surface area contributed by atoms with Crippen molar-refractivity contribution in [3.05, 3.63) is 59.7 Å². The summed E-state index contributed by atoms with van der Waals surface area (Å²) in [6.45, 7) is 4.57. The van der Waals surface area contributed by atoms with Crippen LogP contribution in [0.25, 0.3) is 11.1 Å². The minimum atomic E-state index is -1.03. The lowest BCUT2D eigenvalue weighted by Gasteiger charge is -2.17. The molecule has 0 bridgehead atoms. The number of aliphatic carboxylic acids is 1. The molecular weight excluding hydrogens is 410 g/mol. The van der Waals surface area contributed by atoms with Crippen molar-refractivity contribution in [2.24, 2.45) is 5.92 Å². The predicted molar refractivity (Wildman–Crippen MR) is 126 cm³/mol. The van der Waals surface area contributed by atoms with E-state index in [1.54, 1.807) is 11.8 Å². The molecule has 31 heavy (non-hydrogen) atoms. The minimum Gasteiger partial charge on any atom is -0.480 e. The molecule has 3 rings (SSSR count). The van der Waals surface area contributed by atoms with Crippen LogP contribution in [0.5, 0.6) is 0 Å². The molecule has 1 unspecified atom stereocenters. The molecule has 6 heteroatoms. The van der Waals surface area contributed by atoms with Gasteiger partial charge in [-0.2, -0.15) is 11.8 Å². The summed E-state index contributed by atoms with van der Waals surface area (Å²) in [5.74, 6) is 1.31. The fraction of sp³-hybridized carbons (Fsp3) is 0.440. The van der Waals surface area contributed by atoms with Gasteiger partial charge in [-0.3, -0.25) is 0 Å². The van der Waals surface area contributed by atoms with E-state index < -0.39 is 18.1 Å². The Morgan fingerprint density at radius 1 is 1.00 bits per heavy atom. The highest BCUT2D eigenvalue weighted by Crippen LogP contribution is 2.44. The third-order valence-electron chi connectivity index (χ3n) is 5.55. The molecule has 1 aliphatic rings. The van der Waals surface area contributed by atoms with E-state index in [1.807, 2.05) is 24.3 Å². The van der Waals surface area contributed by atoms with Gasteiger partial charge in [0.2, 0.25) is 0 Å². The Morgan fingerprint density at radius 2 is 1.61 bits per heavy atom. The Balaban J connectivity index is 1.50. The van der Waals surface area contributed by atoms with Crippen LogP contribution in [-0.4, -0.2) is 41.3 Å². The molecular formula is C25H31NO4S. The van der Waals surface area contributed by atoms with Crippen molar-refractivity contribution >= 4 is 23.8 Å². The number of thioether (sulfide) groups is 1. The van der Waals surface area contributed by atoms with Crippen LogP contribution in [-0.2, 0) is 9.53 Å². The maximum Gasteiger partial charge on any atom is 0.407 e. The first-order chi connectivity index (χ1) is 15.0. The van der Waals surface area contributed by atoms with Crippen LogP contribution in [0.3, 0.4) is 0 Å². The van der Waals surface area contributed by atoms with Gasteiger partial charge in [0.1, 0.15) is 12.6 Å². The van der Waals surface area contributed by atoms with Crippen molar-refractivity contribution in [3.8, 4) is 11.1 Å². The standard InChI is InChI=1S/C25H31NO4S/c1-17(2)8-7-14-31-15-13-23(24(27)28)26-25(29)30-16-22-20-11-5-3-9-18(20)19-10-4-6-12-21(19)22/h3-6,9-12,17,22-23H,7-8,13-16H2,1-2H3,(H,26,29)(H,27,28). The van der Waals surface area contributed by atoms with E-state index in [-0.39, 0.29) is 12.5 Å². The number of amides is 1. The quantitative estimate of drug-likeness (QED) is 0.448. The highest BCUT2D eigenvalue weighted by molar-refractivity contribution is 7.99. The molecule has 0 saturated heterocycles. The fourth-order valence-corrected chi connectivity index (χ4v) is 4.91. The molecule has 0 fully saturated rings. The van der Waals surface area contributed by atoms with Gasteiger partial charge in [-0.1, -0.05) is 68.8 Å². The van der Waals surface area contributed by atoms with E-state index in [0.29, 0.717) is 18.1 Å². The average molecular weight is 442 g/mol. The highest BCUT2D eigenvalue weighted by atomic mass is 32.2. The first-order valence-corrected chi connectivity index (χ1v) is 12.0. The second-order valence-corrected chi connectivity index (χ2v) is 9.52. The average Bonchev–Trinajstić information content (AvgIpc) is 3.07. The normalized spacial score (nSPS) is 13.5. The molecule has 5 nitrogen and oxygen atoms in total. The zero-order valence-corrected chi connectivity index (χ0v) is 19.0. The van der Waals surface area contributed by atoms with E-state index in [1.165, 1.54) is 6.42 Å². The summed E-state index contributed by atoms with van der Waals surface area (Å²) in [4.78, 5) is 23.9. The Bertz CT molecular complexity index is 853. The van der Waals surface area contributed by atoms with Crippen LogP contribution in [0.4, 0.5) is 4.79 Å². The van der Waals surface area contributed by atoms with Gasteiger partial charge in [-0.05, 0) is 52.5 Å². The smallest absolute Gasteiger partial charge is 0.407 e. The highest BCUT2D eigenvalue weighted by Gasteiger charge is 2.29. The Morgan fingerprint density at radius 3 is 2.19 bits per heavy atom. The van der Waals surface area contributed by atoms with E-state index >= 15 is 0 Å². The lowest BCUT2D eigenvalue weighted by molar-refractivity contribution is -0.139. The minimum absolute atomic E-state index is 0.0436. The van der Waals surface area contributed by atoms with Gasteiger partial charge < -0.3 is 15.2 Å². The lowest BCUT2D eigenvalue weighted by atomic mass is 9.98. The molecule has 1 atom stereocenters. The van der Waals surface area contributed by atoms with Crippen molar-refractivity contribution in [3.63, 3.8) is 0 Å². The number of alkyl carbamates (subject to hydrolysis) is 1. The molecule has 166 valence electrons. The summed E-state index contributed by atoms with van der Waals surface area (Å²) in [5, 5.41) is 12.0. The van der Waals surface area contributed by atoms with E-state index in [2.05, 4.69) is 43.4 Å². The van der Waals surface area contributed by atoms with Crippen LogP contribution in [0.1, 0.15) is 50.2 Å². The Labute approximate surface area is 188 Å². The lowest BCUT2D eigenvalue weighted by Crippen LogP contribution is -2.41. The predicted octanol–water partition coefficient (Wildman–Crippen LogP) is 5.54. The maximum atomic E-state index is 12.3. The first kappa shape index (κ1) is 23.2. The number of carbonyl (C=O) groups is 2. The van der Waals surface area contributed by atoms with Crippen molar-refractivity contribution in [2.75, 3.05) is 18.1 Å². The molecule has 2 N–H and O–H groups in total. The summed E-state index contributed by atoms with van der Waals surface area (Å²) >= 11 is 1.73. The van der Waals surface area contributed by atoms with Gasteiger partial charge in [0.25, 0.3) is 0 Å². The van der Waals surface area contributed by atoms with Crippen LogP contribution < -0.4 is 5.32 Å². The molecule has 0 heterocycles. The zero-order valence-electron chi connectivity index (χ0n) is 18.2. The topological polar surface area (TPSA) is 75.6 Å². The monoisotopic (exact) mass is 441 g/mol. The number of carboxylic acids is 1. The number of hydrogen-bond donors (Lipinski definition) is 2. The zero-order chi connectivity index (χ0) is 22.2. The van der Waals surface area contributed by atoms with Crippen molar-refractivity contribution in [1.82, 2.24) is 5.32 Å². The number of rotatable bonds is 11. The summed E-state index contributed by atoms with van der Waals surface area (Å²) in [5.41, 5.74) is 4.57. The Kier molecular flexibility index (Phi) is 8.41. The van der Waals surface area contributed by atoms with Gasteiger partial charge in [0.05, 0.1) is 0 Å². The molecule has 2 aromatic rings. The number of hydrogen-bond acceptors (Lipinski definition) is 4.